The van der Waals surface area contributed by atoms with Crippen LogP contribution in [0.3, 0.4) is 0 Å². The van der Waals surface area contributed by atoms with Crippen LogP contribution < -0.4 is 5.32 Å². The van der Waals surface area contributed by atoms with Crippen LogP contribution in [0.5, 0.6) is 0 Å². The molecule has 0 fully saturated rings. The summed E-state index contributed by atoms with van der Waals surface area (Å²) in [6, 6.07) is 0.648. The zero-order valence-electron chi connectivity index (χ0n) is 20.1. The van der Waals surface area contributed by atoms with Gasteiger partial charge in [-0.25, -0.2) is 9.67 Å². The second-order valence-electron chi connectivity index (χ2n) is 9.02. The molecule has 3 heterocycles. The van der Waals surface area contributed by atoms with Crippen LogP contribution >= 0.6 is 0 Å². The summed E-state index contributed by atoms with van der Waals surface area (Å²) in [7, 11) is 1.64. The van der Waals surface area contributed by atoms with Gasteiger partial charge in [-0.2, -0.15) is 5.10 Å². The molecule has 1 aliphatic rings. The highest BCUT2D eigenvalue weighted by Crippen LogP contribution is 2.21. The summed E-state index contributed by atoms with van der Waals surface area (Å²) < 4.78 is 6.86. The van der Waals surface area contributed by atoms with Gasteiger partial charge in [-0.1, -0.05) is 13.8 Å². The quantitative estimate of drug-likeness (QED) is 0.754. The van der Waals surface area contributed by atoms with E-state index in [0.717, 1.165) is 0 Å². The maximum Gasteiger partial charge on any atom is 0.257 e. The first-order valence-electron chi connectivity index (χ1n) is 11.5. The largest absolute Gasteiger partial charge is 0.472 e. The van der Waals surface area contributed by atoms with Crippen LogP contribution in [0.1, 0.15) is 68.1 Å². The number of aryl methyl sites for hydroxylation is 1. The Morgan fingerprint density at radius 3 is 2.70 bits per heavy atom. The van der Waals surface area contributed by atoms with Crippen molar-refractivity contribution in [3.8, 4) is 0 Å². The normalized spacial score (nSPS) is 21.0. The Kier molecular flexibility index (Phi) is 7.88. The van der Waals surface area contributed by atoms with Crippen molar-refractivity contribution in [1.82, 2.24) is 29.9 Å². The summed E-state index contributed by atoms with van der Waals surface area (Å²) in [6.45, 7) is 8.91. The number of hydrogen-bond donors (Lipinski definition) is 1. The van der Waals surface area contributed by atoms with Crippen molar-refractivity contribution in [1.29, 1.82) is 0 Å². The standard InChI is InChI=1S/C23H34N6O4/c1-15(2)13-19-21-24-17(4)26-29(21)11-10-28(23(32)18-8-12-33-14-18)9-6-7-20(30)27(5)16(3)22(31)25-19/h8,12,14-16,19H,6-7,9-11,13H2,1-5H3,(H,25,31)/t16-,19+/m0/s1. The molecule has 0 unspecified atom stereocenters. The summed E-state index contributed by atoms with van der Waals surface area (Å²) in [4.78, 5) is 46.5. The van der Waals surface area contributed by atoms with Crippen LogP contribution in [-0.4, -0.2) is 68.5 Å². The number of nitrogens with zero attached hydrogens (tertiary/aromatic N) is 5. The van der Waals surface area contributed by atoms with E-state index in [-0.39, 0.29) is 30.2 Å². The number of fused-ring (bicyclic) bond motifs is 1. The van der Waals surface area contributed by atoms with Crippen LogP contribution in [0.2, 0.25) is 0 Å². The number of aromatic nitrogens is 3. The molecule has 10 heteroatoms. The van der Waals surface area contributed by atoms with Crippen LogP contribution in [0, 0.1) is 12.8 Å². The first kappa shape index (κ1) is 24.5. The number of carbonyl (C=O) groups excluding carboxylic acids is 3. The van der Waals surface area contributed by atoms with E-state index < -0.39 is 6.04 Å². The van der Waals surface area contributed by atoms with Gasteiger partial charge in [-0.05, 0) is 38.7 Å². The van der Waals surface area contributed by atoms with Gasteiger partial charge < -0.3 is 19.5 Å². The summed E-state index contributed by atoms with van der Waals surface area (Å²) >= 11 is 0. The first-order chi connectivity index (χ1) is 15.7. The molecular formula is C23H34N6O4. The molecule has 3 amide bonds. The van der Waals surface area contributed by atoms with Crippen molar-refractivity contribution in [3.05, 3.63) is 35.8 Å². The van der Waals surface area contributed by atoms with Gasteiger partial charge >= 0.3 is 0 Å². The highest BCUT2D eigenvalue weighted by Gasteiger charge is 2.29. The van der Waals surface area contributed by atoms with E-state index in [9.17, 15) is 14.4 Å². The molecule has 2 aromatic rings. The number of rotatable bonds is 3. The third-order valence-electron chi connectivity index (χ3n) is 5.95. The van der Waals surface area contributed by atoms with E-state index in [4.69, 9.17) is 4.42 Å². The summed E-state index contributed by atoms with van der Waals surface area (Å²) in [5.74, 6) is 1.04. The van der Waals surface area contributed by atoms with Crippen molar-refractivity contribution in [3.63, 3.8) is 0 Å². The Morgan fingerprint density at radius 2 is 2.03 bits per heavy atom. The van der Waals surface area contributed by atoms with E-state index in [2.05, 4.69) is 29.2 Å². The molecule has 1 aliphatic heterocycles. The zero-order valence-corrected chi connectivity index (χ0v) is 20.1. The molecule has 33 heavy (non-hydrogen) atoms. The number of carbonyl (C=O) groups is 3. The SMILES string of the molecule is Cc1nc2n(n1)CCN(C(=O)c1ccoc1)CCCC(=O)N(C)[C@@H](C)C(=O)N[C@@H]2CC(C)C. The average Bonchev–Trinajstić information content (AvgIpc) is 3.42. The topological polar surface area (TPSA) is 114 Å². The van der Waals surface area contributed by atoms with E-state index in [1.54, 1.807) is 29.6 Å². The maximum atomic E-state index is 13.0. The van der Waals surface area contributed by atoms with E-state index in [1.807, 2.05) is 6.92 Å². The summed E-state index contributed by atoms with van der Waals surface area (Å²) in [5.41, 5.74) is 0.466. The molecule has 0 radical (unpaired) electrons. The molecule has 2 atom stereocenters. The Balaban J connectivity index is 1.95. The van der Waals surface area contributed by atoms with Crippen LogP contribution in [-0.2, 0) is 16.1 Å². The Bertz CT molecular complexity index is 968. The number of amides is 3. The highest BCUT2D eigenvalue weighted by molar-refractivity contribution is 5.93. The molecule has 0 spiro atoms. The molecule has 0 bridgehead atoms. The smallest absolute Gasteiger partial charge is 0.257 e. The lowest BCUT2D eigenvalue weighted by Gasteiger charge is -2.29. The van der Waals surface area contributed by atoms with Crippen molar-refractivity contribution >= 4 is 17.7 Å². The van der Waals surface area contributed by atoms with E-state index >= 15 is 0 Å². The molecule has 0 saturated carbocycles. The van der Waals surface area contributed by atoms with Gasteiger partial charge in [-0.15, -0.1) is 0 Å². The minimum Gasteiger partial charge on any atom is -0.472 e. The molecule has 2 aromatic heterocycles. The molecule has 3 rings (SSSR count). The third-order valence-corrected chi connectivity index (χ3v) is 5.95. The summed E-state index contributed by atoms with van der Waals surface area (Å²) in [5, 5.41) is 7.62. The molecule has 180 valence electrons. The molecule has 0 saturated heterocycles. The first-order valence-corrected chi connectivity index (χ1v) is 11.5. The Morgan fingerprint density at radius 1 is 1.27 bits per heavy atom. The number of hydrogen-bond acceptors (Lipinski definition) is 6. The minimum atomic E-state index is -0.628. The van der Waals surface area contributed by atoms with Gasteiger partial charge in [0.2, 0.25) is 11.8 Å². The van der Waals surface area contributed by atoms with Crippen molar-refractivity contribution < 1.29 is 18.8 Å². The average molecular weight is 459 g/mol. The lowest BCUT2D eigenvalue weighted by molar-refractivity contribution is -0.138. The second kappa shape index (κ2) is 10.6. The molecule has 0 aliphatic carbocycles. The fourth-order valence-electron chi connectivity index (χ4n) is 3.98. The van der Waals surface area contributed by atoms with Crippen molar-refractivity contribution in [2.45, 2.75) is 65.6 Å². The monoisotopic (exact) mass is 458 g/mol. The lowest BCUT2D eigenvalue weighted by Crippen LogP contribution is -2.47. The maximum absolute atomic E-state index is 13.0. The third kappa shape index (κ3) is 6.00. The number of furan rings is 1. The second-order valence-corrected chi connectivity index (χ2v) is 9.02. The van der Waals surface area contributed by atoms with Crippen molar-refractivity contribution in [2.75, 3.05) is 20.1 Å². The lowest BCUT2D eigenvalue weighted by atomic mass is 10.0. The molecule has 0 aromatic carbocycles. The Labute approximate surface area is 194 Å². The van der Waals surface area contributed by atoms with Gasteiger partial charge in [0.25, 0.3) is 5.91 Å². The van der Waals surface area contributed by atoms with Gasteiger partial charge in [-0.3, -0.25) is 14.4 Å². The molecular weight excluding hydrogens is 424 g/mol. The van der Waals surface area contributed by atoms with Gasteiger partial charge in [0, 0.05) is 26.6 Å². The Hall–Kier alpha value is -3.17. The van der Waals surface area contributed by atoms with Crippen LogP contribution in [0.15, 0.2) is 23.0 Å². The van der Waals surface area contributed by atoms with E-state index in [0.29, 0.717) is 55.6 Å². The van der Waals surface area contributed by atoms with Gasteiger partial charge in [0.15, 0.2) is 0 Å². The highest BCUT2D eigenvalue weighted by atomic mass is 16.3. The van der Waals surface area contributed by atoms with Crippen LogP contribution in [0.25, 0.3) is 0 Å². The predicted molar refractivity (Wildman–Crippen MR) is 121 cm³/mol. The number of nitrogens with one attached hydrogen (secondary N) is 1. The fraction of sp³-hybridized carbons (Fsp3) is 0.609. The van der Waals surface area contributed by atoms with Crippen molar-refractivity contribution in [2.24, 2.45) is 5.92 Å². The number of likely N-dealkylation sites (N-methyl/N-ethyl adjacent to an activating group) is 1. The summed E-state index contributed by atoms with van der Waals surface area (Å²) in [6.07, 6.45) is 4.29. The molecule has 1 N–H and O–H groups in total. The fourth-order valence-corrected chi connectivity index (χ4v) is 3.98. The predicted octanol–water partition coefficient (Wildman–Crippen LogP) is 2.17. The minimum absolute atomic E-state index is 0.134. The zero-order chi connectivity index (χ0) is 24.1. The van der Waals surface area contributed by atoms with Gasteiger partial charge in [0.05, 0.1) is 24.4 Å². The van der Waals surface area contributed by atoms with E-state index in [1.165, 1.54) is 17.4 Å². The molecule has 10 nitrogen and oxygen atoms in total. The van der Waals surface area contributed by atoms with Gasteiger partial charge in [0.1, 0.15) is 24.0 Å². The van der Waals surface area contributed by atoms with Crippen LogP contribution in [0.4, 0.5) is 0 Å².